The fourth-order valence-corrected chi connectivity index (χ4v) is 3.22. The molecule has 128 valence electrons. The van der Waals surface area contributed by atoms with Crippen molar-refractivity contribution in [2.75, 3.05) is 19.6 Å². The third-order valence-electron chi connectivity index (χ3n) is 4.21. The van der Waals surface area contributed by atoms with Crippen LogP contribution in [-0.4, -0.2) is 42.6 Å². The lowest BCUT2D eigenvalue weighted by molar-refractivity contribution is -0.127. The third kappa shape index (κ3) is 5.46. The Kier molecular flexibility index (Phi) is 6.84. The SMILES string of the molecule is CC(Oc1ccc(F)cc1Br)C(=O)NCCN1CCCCC1C. The molecule has 1 N–H and O–H groups in total. The highest BCUT2D eigenvalue weighted by atomic mass is 79.9. The number of carbonyl (C=O) groups excluding carboxylic acids is 1. The summed E-state index contributed by atoms with van der Waals surface area (Å²) in [4.78, 5) is 14.5. The van der Waals surface area contributed by atoms with Crippen LogP contribution in [0.15, 0.2) is 22.7 Å². The number of ether oxygens (including phenoxy) is 1. The Morgan fingerprint density at radius 2 is 2.30 bits per heavy atom. The number of benzene rings is 1. The Balaban J connectivity index is 1.76. The molecule has 4 nitrogen and oxygen atoms in total. The number of halogens is 2. The number of piperidine rings is 1. The Bertz CT molecular complexity index is 541. The summed E-state index contributed by atoms with van der Waals surface area (Å²) in [7, 11) is 0. The van der Waals surface area contributed by atoms with Crippen molar-refractivity contribution < 1.29 is 13.9 Å². The predicted molar refractivity (Wildman–Crippen MR) is 92.1 cm³/mol. The average molecular weight is 387 g/mol. The summed E-state index contributed by atoms with van der Waals surface area (Å²) in [5.74, 6) is -0.0541. The molecular weight excluding hydrogens is 363 g/mol. The number of rotatable bonds is 6. The number of nitrogens with one attached hydrogen (secondary N) is 1. The van der Waals surface area contributed by atoms with Gasteiger partial charge in [-0.1, -0.05) is 6.42 Å². The molecule has 1 heterocycles. The van der Waals surface area contributed by atoms with Crippen LogP contribution in [0.25, 0.3) is 0 Å². The van der Waals surface area contributed by atoms with Gasteiger partial charge in [0.25, 0.3) is 5.91 Å². The van der Waals surface area contributed by atoms with Gasteiger partial charge in [-0.05, 0) is 67.4 Å². The maximum Gasteiger partial charge on any atom is 0.260 e. The average Bonchev–Trinajstić information content (AvgIpc) is 2.51. The van der Waals surface area contributed by atoms with Gasteiger partial charge in [-0.3, -0.25) is 9.69 Å². The number of hydrogen-bond donors (Lipinski definition) is 1. The van der Waals surface area contributed by atoms with Gasteiger partial charge in [0.1, 0.15) is 11.6 Å². The molecule has 6 heteroatoms. The van der Waals surface area contributed by atoms with Gasteiger partial charge in [-0.15, -0.1) is 0 Å². The summed E-state index contributed by atoms with van der Waals surface area (Å²) in [5.41, 5.74) is 0. The van der Waals surface area contributed by atoms with E-state index in [1.165, 1.54) is 37.5 Å². The van der Waals surface area contributed by atoms with E-state index in [1.807, 2.05) is 0 Å². The smallest absolute Gasteiger partial charge is 0.260 e. The molecule has 0 aromatic heterocycles. The van der Waals surface area contributed by atoms with Gasteiger partial charge in [0.05, 0.1) is 4.47 Å². The van der Waals surface area contributed by atoms with Gasteiger partial charge in [-0.2, -0.15) is 0 Å². The second kappa shape index (κ2) is 8.64. The number of hydrogen-bond acceptors (Lipinski definition) is 3. The van der Waals surface area contributed by atoms with E-state index in [1.54, 1.807) is 6.92 Å². The molecule has 0 saturated carbocycles. The van der Waals surface area contributed by atoms with E-state index in [-0.39, 0.29) is 11.7 Å². The lowest BCUT2D eigenvalue weighted by atomic mass is 10.0. The maximum atomic E-state index is 13.0. The zero-order chi connectivity index (χ0) is 16.8. The van der Waals surface area contributed by atoms with Crippen LogP contribution in [0, 0.1) is 5.82 Å². The first-order valence-electron chi connectivity index (χ1n) is 8.11. The van der Waals surface area contributed by atoms with Crippen LogP contribution < -0.4 is 10.1 Å². The Labute approximate surface area is 145 Å². The van der Waals surface area contributed by atoms with E-state index < -0.39 is 6.10 Å². The van der Waals surface area contributed by atoms with E-state index in [0.717, 1.165) is 13.1 Å². The van der Waals surface area contributed by atoms with Crippen molar-refractivity contribution in [2.24, 2.45) is 0 Å². The first kappa shape index (κ1) is 18.2. The molecular formula is C17H24BrFN2O2. The van der Waals surface area contributed by atoms with Gasteiger partial charge < -0.3 is 10.1 Å². The minimum absolute atomic E-state index is 0.161. The molecule has 1 aromatic rings. The summed E-state index contributed by atoms with van der Waals surface area (Å²) in [5, 5.41) is 2.91. The van der Waals surface area contributed by atoms with Crippen molar-refractivity contribution in [3.05, 3.63) is 28.5 Å². The fourth-order valence-electron chi connectivity index (χ4n) is 2.77. The number of carbonyl (C=O) groups is 1. The lowest BCUT2D eigenvalue weighted by Gasteiger charge is -2.33. The molecule has 0 spiro atoms. The van der Waals surface area contributed by atoms with Gasteiger partial charge in [0.2, 0.25) is 0 Å². The molecule has 1 aliphatic rings. The van der Waals surface area contributed by atoms with E-state index in [9.17, 15) is 9.18 Å². The summed E-state index contributed by atoms with van der Waals surface area (Å²) in [6, 6.07) is 4.73. The standard InChI is InChI=1S/C17H24BrFN2O2/c1-12-5-3-4-9-21(12)10-8-20-17(22)13(2)23-16-7-6-14(19)11-15(16)18/h6-7,11-13H,3-5,8-10H2,1-2H3,(H,20,22). The van der Waals surface area contributed by atoms with Crippen LogP contribution in [-0.2, 0) is 4.79 Å². The molecule has 0 bridgehead atoms. The van der Waals surface area contributed by atoms with Gasteiger partial charge in [0.15, 0.2) is 6.10 Å². The fraction of sp³-hybridized carbons (Fsp3) is 0.588. The second-order valence-electron chi connectivity index (χ2n) is 6.01. The highest BCUT2D eigenvalue weighted by Gasteiger charge is 2.19. The van der Waals surface area contributed by atoms with Gasteiger partial charge >= 0.3 is 0 Å². The van der Waals surface area contributed by atoms with Crippen LogP contribution >= 0.6 is 15.9 Å². The van der Waals surface area contributed by atoms with Crippen LogP contribution in [0.2, 0.25) is 0 Å². The highest BCUT2D eigenvalue weighted by molar-refractivity contribution is 9.10. The first-order chi connectivity index (χ1) is 11.0. The largest absolute Gasteiger partial charge is 0.480 e. The van der Waals surface area contributed by atoms with Gasteiger partial charge in [-0.25, -0.2) is 4.39 Å². The molecule has 1 aliphatic heterocycles. The summed E-state index contributed by atoms with van der Waals surface area (Å²) >= 11 is 3.23. The third-order valence-corrected chi connectivity index (χ3v) is 4.83. The van der Waals surface area contributed by atoms with Gasteiger partial charge in [0, 0.05) is 19.1 Å². The molecule has 1 fully saturated rings. The molecule has 2 unspecified atom stereocenters. The molecule has 23 heavy (non-hydrogen) atoms. The molecule has 2 rings (SSSR count). The van der Waals surface area contributed by atoms with Crippen LogP contribution in [0.4, 0.5) is 4.39 Å². The Morgan fingerprint density at radius 1 is 1.52 bits per heavy atom. The number of nitrogens with zero attached hydrogens (tertiary/aromatic N) is 1. The zero-order valence-electron chi connectivity index (χ0n) is 13.6. The number of amides is 1. The highest BCUT2D eigenvalue weighted by Crippen LogP contribution is 2.26. The van der Waals surface area contributed by atoms with Crippen molar-refractivity contribution in [3.8, 4) is 5.75 Å². The summed E-state index contributed by atoms with van der Waals surface area (Å²) in [6.07, 6.45) is 3.12. The normalized spacial score (nSPS) is 20.1. The lowest BCUT2D eigenvalue weighted by Crippen LogP contribution is -2.44. The Morgan fingerprint density at radius 3 is 3.00 bits per heavy atom. The topological polar surface area (TPSA) is 41.6 Å². The van der Waals surface area contributed by atoms with Crippen molar-refractivity contribution in [1.82, 2.24) is 10.2 Å². The van der Waals surface area contributed by atoms with Crippen molar-refractivity contribution >= 4 is 21.8 Å². The van der Waals surface area contributed by atoms with Crippen LogP contribution in [0.5, 0.6) is 5.75 Å². The summed E-state index contributed by atoms with van der Waals surface area (Å²) in [6.45, 7) is 6.50. The van der Waals surface area contributed by atoms with E-state index in [0.29, 0.717) is 22.8 Å². The van der Waals surface area contributed by atoms with E-state index in [4.69, 9.17) is 4.74 Å². The van der Waals surface area contributed by atoms with E-state index in [2.05, 4.69) is 33.1 Å². The quantitative estimate of drug-likeness (QED) is 0.814. The number of likely N-dealkylation sites (tertiary alicyclic amines) is 1. The Hall–Kier alpha value is -1.14. The molecule has 1 amide bonds. The molecule has 1 aromatic carbocycles. The monoisotopic (exact) mass is 386 g/mol. The molecule has 2 atom stereocenters. The minimum atomic E-state index is -0.629. The zero-order valence-corrected chi connectivity index (χ0v) is 15.2. The first-order valence-corrected chi connectivity index (χ1v) is 8.90. The predicted octanol–water partition coefficient (Wildman–Crippen LogP) is 3.35. The molecule has 0 radical (unpaired) electrons. The minimum Gasteiger partial charge on any atom is -0.480 e. The second-order valence-corrected chi connectivity index (χ2v) is 6.86. The van der Waals surface area contributed by atoms with Crippen molar-refractivity contribution in [3.63, 3.8) is 0 Å². The molecule has 1 saturated heterocycles. The van der Waals surface area contributed by atoms with Crippen LogP contribution in [0.3, 0.4) is 0 Å². The van der Waals surface area contributed by atoms with E-state index >= 15 is 0 Å². The van der Waals surface area contributed by atoms with Crippen molar-refractivity contribution in [2.45, 2.75) is 45.3 Å². The maximum absolute atomic E-state index is 13.0. The van der Waals surface area contributed by atoms with Crippen molar-refractivity contribution in [1.29, 1.82) is 0 Å². The molecule has 0 aliphatic carbocycles. The summed E-state index contributed by atoms with van der Waals surface area (Å²) < 4.78 is 19.1. The van der Waals surface area contributed by atoms with Crippen LogP contribution in [0.1, 0.15) is 33.1 Å².